The van der Waals surface area contributed by atoms with E-state index in [0.29, 0.717) is 38.4 Å². The Morgan fingerprint density at radius 3 is 2.79 bits per heavy atom. The predicted molar refractivity (Wildman–Crippen MR) is 124 cm³/mol. The van der Waals surface area contributed by atoms with Crippen molar-refractivity contribution in [2.75, 3.05) is 26.9 Å². The highest BCUT2D eigenvalue weighted by atomic mass is 16.5. The van der Waals surface area contributed by atoms with E-state index in [2.05, 4.69) is 9.88 Å². The van der Waals surface area contributed by atoms with Crippen LogP contribution in [-0.2, 0) is 21.5 Å². The van der Waals surface area contributed by atoms with Crippen molar-refractivity contribution in [2.45, 2.75) is 44.6 Å². The Bertz CT molecular complexity index is 1190. The number of amides is 1. The molecular weight excluding hydrogens is 424 g/mol. The van der Waals surface area contributed by atoms with E-state index in [-0.39, 0.29) is 18.1 Å². The second kappa shape index (κ2) is 9.70. The molecule has 1 aliphatic rings. The van der Waals surface area contributed by atoms with Crippen LogP contribution < -0.4 is 15.5 Å². The lowest BCUT2D eigenvalue weighted by Crippen LogP contribution is -2.40. The molecule has 0 aliphatic carbocycles. The molecule has 3 heterocycles. The number of aromatic hydroxyl groups is 1. The van der Waals surface area contributed by atoms with E-state index in [4.69, 9.17) is 13.9 Å². The number of carbonyl (C=O) groups is 1. The number of hydrogen-bond acceptors (Lipinski definition) is 6. The summed E-state index contributed by atoms with van der Waals surface area (Å²) in [5.74, 6) is 0.884. The summed E-state index contributed by atoms with van der Waals surface area (Å²) < 4.78 is 18.7. The largest absolute Gasteiger partial charge is 0.502 e. The van der Waals surface area contributed by atoms with Crippen LogP contribution in [0.3, 0.4) is 0 Å². The summed E-state index contributed by atoms with van der Waals surface area (Å²) in [6.45, 7) is 3.83. The number of hydrogen-bond donors (Lipinski definition) is 2. The number of ether oxygens (including phenoxy) is 2. The van der Waals surface area contributed by atoms with Gasteiger partial charge in [0.25, 0.3) is 0 Å². The van der Waals surface area contributed by atoms with Crippen molar-refractivity contribution in [1.82, 2.24) is 9.88 Å². The number of nitrogens with one attached hydrogen (secondary N) is 1. The first-order chi connectivity index (χ1) is 15.9. The van der Waals surface area contributed by atoms with Gasteiger partial charge >= 0.3 is 0 Å². The number of nitrogens with zero attached hydrogens (tertiary/aromatic N) is 1. The van der Waals surface area contributed by atoms with E-state index in [1.165, 1.54) is 6.07 Å². The summed E-state index contributed by atoms with van der Waals surface area (Å²) in [6, 6.07) is 9.27. The quantitative estimate of drug-likeness (QED) is 0.507. The van der Waals surface area contributed by atoms with E-state index >= 15 is 0 Å². The van der Waals surface area contributed by atoms with Crippen LogP contribution >= 0.6 is 0 Å². The average Bonchev–Trinajstić information content (AvgIpc) is 3.21. The summed E-state index contributed by atoms with van der Waals surface area (Å²) in [7, 11) is 1.65. The summed E-state index contributed by atoms with van der Waals surface area (Å²) >= 11 is 0. The Kier molecular flexibility index (Phi) is 6.74. The van der Waals surface area contributed by atoms with E-state index in [0.717, 1.165) is 29.6 Å². The smallest absolute Gasteiger partial charge is 0.227 e. The number of aromatic nitrogens is 1. The normalized spacial score (nSPS) is 15.5. The third-order valence-corrected chi connectivity index (χ3v) is 6.35. The molecular formula is C25H30N2O6. The Morgan fingerprint density at radius 2 is 2.03 bits per heavy atom. The number of carbonyl (C=O) groups excluding carboxylic acids is 1. The molecule has 176 valence electrons. The second-order valence-corrected chi connectivity index (χ2v) is 8.61. The molecule has 8 heteroatoms. The zero-order valence-electron chi connectivity index (χ0n) is 19.1. The maximum Gasteiger partial charge on any atom is 0.227 e. The van der Waals surface area contributed by atoms with Crippen molar-refractivity contribution in [2.24, 2.45) is 0 Å². The third-order valence-electron chi connectivity index (χ3n) is 6.35. The Hall–Kier alpha value is -3.26. The zero-order chi connectivity index (χ0) is 23.4. The van der Waals surface area contributed by atoms with Crippen molar-refractivity contribution >= 4 is 16.8 Å². The van der Waals surface area contributed by atoms with E-state index in [9.17, 15) is 14.7 Å². The van der Waals surface area contributed by atoms with Gasteiger partial charge in [0.15, 0.2) is 5.76 Å². The lowest BCUT2D eigenvalue weighted by Gasteiger charge is -2.35. The van der Waals surface area contributed by atoms with Crippen molar-refractivity contribution in [3.63, 3.8) is 0 Å². The molecule has 1 fully saturated rings. The third kappa shape index (κ3) is 4.90. The molecule has 0 spiro atoms. The molecule has 0 radical (unpaired) electrons. The first kappa shape index (κ1) is 22.9. The van der Waals surface area contributed by atoms with Gasteiger partial charge in [0.2, 0.25) is 17.1 Å². The van der Waals surface area contributed by atoms with E-state index in [1.807, 2.05) is 30.5 Å². The molecule has 33 heavy (non-hydrogen) atoms. The molecule has 0 bridgehead atoms. The van der Waals surface area contributed by atoms with Gasteiger partial charge in [0.1, 0.15) is 11.5 Å². The summed E-state index contributed by atoms with van der Waals surface area (Å²) in [6.07, 6.45) is 3.93. The summed E-state index contributed by atoms with van der Waals surface area (Å²) in [4.78, 5) is 25.0. The Balaban J connectivity index is 1.38. The van der Waals surface area contributed by atoms with Crippen molar-refractivity contribution in [3.8, 4) is 11.5 Å². The van der Waals surface area contributed by atoms with Gasteiger partial charge in [-0.2, -0.15) is 0 Å². The summed E-state index contributed by atoms with van der Waals surface area (Å²) in [5, 5.41) is 14.5. The fraction of sp³-hybridized carbons (Fsp3) is 0.440. The second-order valence-electron chi connectivity index (χ2n) is 8.61. The first-order valence-corrected chi connectivity index (χ1v) is 11.2. The molecule has 8 nitrogen and oxygen atoms in total. The highest BCUT2D eigenvalue weighted by molar-refractivity contribution is 5.81. The molecule has 0 saturated carbocycles. The molecule has 1 aromatic carbocycles. The molecule has 1 aliphatic heterocycles. The fourth-order valence-corrected chi connectivity index (χ4v) is 4.56. The van der Waals surface area contributed by atoms with Crippen molar-refractivity contribution in [1.29, 1.82) is 0 Å². The van der Waals surface area contributed by atoms with E-state index < -0.39 is 16.6 Å². The highest BCUT2D eigenvalue weighted by Gasteiger charge is 2.41. The molecule has 1 saturated heterocycles. The van der Waals surface area contributed by atoms with Gasteiger partial charge in [0.05, 0.1) is 7.11 Å². The van der Waals surface area contributed by atoms with Crippen molar-refractivity contribution in [3.05, 3.63) is 58.3 Å². The number of aryl methyl sites for hydroxylation is 2. The Labute approximate surface area is 192 Å². The van der Waals surface area contributed by atoms with Crippen LogP contribution in [0.2, 0.25) is 0 Å². The maximum atomic E-state index is 12.8. The number of rotatable bonds is 8. The monoisotopic (exact) mass is 454 g/mol. The van der Waals surface area contributed by atoms with Crippen LogP contribution in [0.4, 0.5) is 0 Å². The lowest BCUT2D eigenvalue weighted by molar-refractivity contribution is -0.123. The molecule has 2 N–H and O–H groups in total. The molecule has 1 amide bonds. The lowest BCUT2D eigenvalue weighted by atomic mass is 9.74. The van der Waals surface area contributed by atoms with Crippen LogP contribution in [-0.4, -0.2) is 42.4 Å². The minimum absolute atomic E-state index is 0.128. The van der Waals surface area contributed by atoms with Gasteiger partial charge in [-0.25, -0.2) is 0 Å². The number of fused-ring (bicyclic) bond motifs is 1. The molecule has 0 unspecified atom stereocenters. The maximum absolute atomic E-state index is 12.8. The Morgan fingerprint density at radius 1 is 1.24 bits per heavy atom. The average molecular weight is 455 g/mol. The van der Waals surface area contributed by atoms with Gasteiger partial charge in [-0.15, -0.1) is 0 Å². The highest BCUT2D eigenvalue weighted by Crippen LogP contribution is 2.41. The zero-order valence-corrected chi connectivity index (χ0v) is 19.1. The van der Waals surface area contributed by atoms with Crippen molar-refractivity contribution < 1.29 is 23.8 Å². The molecule has 0 atom stereocenters. The minimum Gasteiger partial charge on any atom is -0.502 e. The standard InChI is InChI=1S/C25H30N2O6/c1-17-14-21(28)23(30)24(33-17)25(7-12-32-13-8-25)16-22(29)26-9-3-10-27-11-6-18-15-19(31-2)4-5-20(18)27/h4-6,11,14-15,30H,3,7-10,12-13,16H2,1-2H3,(H,26,29). The van der Waals surface area contributed by atoms with Gasteiger partial charge in [-0.3, -0.25) is 9.59 Å². The van der Waals surface area contributed by atoms with Crippen LogP contribution in [0, 0.1) is 6.92 Å². The topological polar surface area (TPSA) is 103 Å². The first-order valence-electron chi connectivity index (χ1n) is 11.2. The predicted octanol–water partition coefficient (Wildman–Crippen LogP) is 3.26. The summed E-state index contributed by atoms with van der Waals surface area (Å²) in [5.41, 5.74) is -0.127. The SMILES string of the molecule is COc1ccc2c(ccn2CCCNC(=O)CC2(c3oc(C)cc(=O)c3O)CCOCC2)c1. The van der Waals surface area contributed by atoms with Gasteiger partial charge in [0, 0.05) is 61.3 Å². The number of methoxy groups -OCH3 is 1. The molecule has 2 aromatic heterocycles. The van der Waals surface area contributed by atoms with Crippen LogP contribution in [0.15, 0.2) is 45.7 Å². The van der Waals surface area contributed by atoms with Crippen LogP contribution in [0.5, 0.6) is 11.5 Å². The molecule has 4 rings (SSSR count). The van der Waals surface area contributed by atoms with Crippen LogP contribution in [0.1, 0.15) is 37.2 Å². The van der Waals surface area contributed by atoms with E-state index in [1.54, 1.807) is 14.0 Å². The van der Waals surface area contributed by atoms with Crippen LogP contribution in [0.25, 0.3) is 10.9 Å². The molecule has 3 aromatic rings. The minimum atomic E-state index is -0.757. The number of benzene rings is 1. The van der Waals surface area contributed by atoms with Gasteiger partial charge in [-0.05, 0) is 50.5 Å². The van der Waals surface area contributed by atoms with Gasteiger partial charge < -0.3 is 28.9 Å². The van der Waals surface area contributed by atoms with Gasteiger partial charge in [-0.1, -0.05) is 0 Å². The fourth-order valence-electron chi connectivity index (χ4n) is 4.56.